The van der Waals surface area contributed by atoms with Crippen LogP contribution in [0.5, 0.6) is 0 Å². The van der Waals surface area contributed by atoms with Crippen molar-refractivity contribution in [1.29, 1.82) is 0 Å². The third-order valence-corrected chi connectivity index (χ3v) is 3.01. The largest absolute Gasteiger partial charge is 0.352 e. The molecule has 0 saturated heterocycles. The van der Waals surface area contributed by atoms with E-state index < -0.39 is 0 Å². The number of anilines is 1. The van der Waals surface area contributed by atoms with Crippen molar-refractivity contribution < 1.29 is 4.79 Å². The van der Waals surface area contributed by atoms with E-state index >= 15 is 0 Å². The van der Waals surface area contributed by atoms with Crippen LogP contribution < -0.4 is 10.2 Å². The number of nitrogens with one attached hydrogen (secondary N) is 1. The van der Waals surface area contributed by atoms with E-state index in [1.54, 1.807) is 0 Å². The standard InChI is InChI=1S/C13H20BrN3O/c1-5-17(8-12(18)16-9(2)3)13-11(14)6-10(4)7-15-13/h6-7,9H,5,8H2,1-4H3,(H,16,18). The lowest BCUT2D eigenvalue weighted by atomic mass is 10.3. The SMILES string of the molecule is CCN(CC(=O)NC(C)C)c1ncc(C)cc1Br. The number of hydrogen-bond acceptors (Lipinski definition) is 3. The zero-order chi connectivity index (χ0) is 13.7. The van der Waals surface area contributed by atoms with Gasteiger partial charge in [0, 0.05) is 18.8 Å². The maximum Gasteiger partial charge on any atom is 0.239 e. The lowest BCUT2D eigenvalue weighted by molar-refractivity contribution is -0.120. The second kappa shape index (κ2) is 6.73. The monoisotopic (exact) mass is 313 g/mol. The molecular formula is C13H20BrN3O. The third-order valence-electron chi connectivity index (χ3n) is 2.42. The van der Waals surface area contributed by atoms with Crippen molar-refractivity contribution in [2.45, 2.75) is 33.7 Å². The number of likely N-dealkylation sites (N-methyl/N-ethyl adjacent to an activating group) is 1. The van der Waals surface area contributed by atoms with Crippen LogP contribution >= 0.6 is 15.9 Å². The van der Waals surface area contributed by atoms with Crippen LogP contribution in [0.4, 0.5) is 5.82 Å². The Morgan fingerprint density at radius 2 is 2.22 bits per heavy atom. The van der Waals surface area contributed by atoms with Crippen molar-refractivity contribution in [3.63, 3.8) is 0 Å². The highest BCUT2D eigenvalue weighted by atomic mass is 79.9. The number of hydrogen-bond donors (Lipinski definition) is 1. The van der Waals surface area contributed by atoms with Gasteiger partial charge in [0.15, 0.2) is 0 Å². The van der Waals surface area contributed by atoms with Gasteiger partial charge in [-0.15, -0.1) is 0 Å². The fourth-order valence-electron chi connectivity index (χ4n) is 1.64. The molecule has 1 aromatic heterocycles. The Balaban J connectivity index is 2.80. The van der Waals surface area contributed by atoms with Crippen molar-refractivity contribution in [3.05, 3.63) is 22.3 Å². The summed E-state index contributed by atoms with van der Waals surface area (Å²) in [6.45, 7) is 8.96. The topological polar surface area (TPSA) is 45.2 Å². The van der Waals surface area contributed by atoms with Crippen LogP contribution in [0.1, 0.15) is 26.3 Å². The van der Waals surface area contributed by atoms with E-state index in [1.807, 2.05) is 44.9 Å². The molecule has 0 fully saturated rings. The molecule has 18 heavy (non-hydrogen) atoms. The molecule has 0 aromatic carbocycles. The van der Waals surface area contributed by atoms with E-state index in [-0.39, 0.29) is 11.9 Å². The molecule has 0 spiro atoms. The number of carbonyl (C=O) groups is 1. The fraction of sp³-hybridized carbons (Fsp3) is 0.538. The molecule has 0 bridgehead atoms. The molecule has 1 N–H and O–H groups in total. The third kappa shape index (κ3) is 4.29. The predicted octanol–water partition coefficient (Wildman–Crippen LogP) is 2.50. The first kappa shape index (κ1) is 15.0. The average Bonchev–Trinajstić information content (AvgIpc) is 2.25. The van der Waals surface area contributed by atoms with Crippen molar-refractivity contribution >= 4 is 27.7 Å². The van der Waals surface area contributed by atoms with E-state index in [2.05, 4.69) is 26.2 Å². The molecule has 1 rings (SSSR count). The second-order valence-electron chi connectivity index (χ2n) is 4.55. The van der Waals surface area contributed by atoms with Gasteiger partial charge in [0.2, 0.25) is 5.91 Å². The summed E-state index contributed by atoms with van der Waals surface area (Å²) in [6.07, 6.45) is 1.81. The first-order chi connectivity index (χ1) is 8.43. The number of aromatic nitrogens is 1. The fourth-order valence-corrected chi connectivity index (χ4v) is 2.35. The number of nitrogens with zero attached hydrogens (tertiary/aromatic N) is 2. The van der Waals surface area contributed by atoms with E-state index in [1.165, 1.54) is 0 Å². The molecule has 0 aliphatic carbocycles. The van der Waals surface area contributed by atoms with Gasteiger partial charge in [-0.05, 0) is 55.3 Å². The Hall–Kier alpha value is -1.10. The second-order valence-corrected chi connectivity index (χ2v) is 5.41. The number of rotatable bonds is 5. The van der Waals surface area contributed by atoms with E-state index in [9.17, 15) is 4.79 Å². The molecule has 0 aliphatic rings. The Morgan fingerprint density at radius 1 is 1.56 bits per heavy atom. The van der Waals surface area contributed by atoms with E-state index in [0.717, 1.165) is 22.4 Å². The summed E-state index contributed by atoms with van der Waals surface area (Å²) in [5.74, 6) is 0.822. The van der Waals surface area contributed by atoms with Gasteiger partial charge in [-0.3, -0.25) is 4.79 Å². The maximum absolute atomic E-state index is 11.8. The summed E-state index contributed by atoms with van der Waals surface area (Å²) in [4.78, 5) is 18.1. The molecule has 0 saturated carbocycles. The first-order valence-electron chi connectivity index (χ1n) is 6.10. The van der Waals surface area contributed by atoms with E-state index in [0.29, 0.717) is 6.54 Å². The maximum atomic E-state index is 11.8. The van der Waals surface area contributed by atoms with Crippen LogP contribution in [0.3, 0.4) is 0 Å². The first-order valence-corrected chi connectivity index (χ1v) is 6.89. The van der Waals surface area contributed by atoms with E-state index in [4.69, 9.17) is 0 Å². The summed E-state index contributed by atoms with van der Waals surface area (Å²) in [5, 5.41) is 2.88. The number of aryl methyl sites for hydroxylation is 1. The molecule has 1 aromatic rings. The summed E-state index contributed by atoms with van der Waals surface area (Å²) >= 11 is 3.49. The van der Waals surface area contributed by atoms with Gasteiger partial charge in [0.25, 0.3) is 0 Å². The number of carbonyl (C=O) groups excluding carboxylic acids is 1. The Bertz CT molecular complexity index is 421. The van der Waals surface area contributed by atoms with Gasteiger partial charge in [-0.25, -0.2) is 4.98 Å². The average molecular weight is 314 g/mol. The molecule has 1 amide bonds. The van der Waals surface area contributed by atoms with Gasteiger partial charge in [0.05, 0.1) is 11.0 Å². The van der Waals surface area contributed by atoms with Crippen molar-refractivity contribution in [2.75, 3.05) is 18.0 Å². The highest BCUT2D eigenvalue weighted by Gasteiger charge is 2.14. The minimum absolute atomic E-state index is 0.0149. The van der Waals surface area contributed by atoms with Crippen molar-refractivity contribution in [3.8, 4) is 0 Å². The summed E-state index contributed by atoms with van der Waals surface area (Å²) < 4.78 is 0.918. The zero-order valence-corrected chi connectivity index (χ0v) is 12.9. The Labute approximate surface area is 117 Å². The van der Waals surface area contributed by atoms with Gasteiger partial charge >= 0.3 is 0 Å². The molecule has 5 heteroatoms. The summed E-state index contributed by atoms with van der Waals surface area (Å²) in [6, 6.07) is 2.16. The Kier molecular flexibility index (Phi) is 5.59. The lowest BCUT2D eigenvalue weighted by Crippen LogP contribution is -2.40. The molecule has 0 atom stereocenters. The normalized spacial score (nSPS) is 10.6. The van der Waals surface area contributed by atoms with Crippen LogP contribution in [-0.4, -0.2) is 30.0 Å². The highest BCUT2D eigenvalue weighted by Crippen LogP contribution is 2.24. The molecule has 1 heterocycles. The van der Waals surface area contributed by atoms with Gasteiger partial charge in [-0.1, -0.05) is 0 Å². The molecule has 0 aliphatic heterocycles. The lowest BCUT2D eigenvalue weighted by Gasteiger charge is -2.23. The van der Waals surface area contributed by atoms with Crippen molar-refractivity contribution in [2.24, 2.45) is 0 Å². The molecular weight excluding hydrogens is 294 g/mol. The minimum Gasteiger partial charge on any atom is -0.352 e. The zero-order valence-electron chi connectivity index (χ0n) is 11.3. The van der Waals surface area contributed by atoms with Crippen LogP contribution in [0, 0.1) is 6.92 Å². The van der Waals surface area contributed by atoms with Gasteiger partial charge in [-0.2, -0.15) is 0 Å². The van der Waals surface area contributed by atoms with Crippen LogP contribution in [0.2, 0.25) is 0 Å². The smallest absolute Gasteiger partial charge is 0.239 e. The summed E-state index contributed by atoms with van der Waals surface area (Å²) in [7, 11) is 0. The van der Waals surface area contributed by atoms with Crippen LogP contribution in [-0.2, 0) is 4.79 Å². The summed E-state index contributed by atoms with van der Waals surface area (Å²) in [5.41, 5.74) is 1.09. The minimum atomic E-state index is 0.0149. The molecule has 0 radical (unpaired) electrons. The predicted molar refractivity (Wildman–Crippen MR) is 77.8 cm³/mol. The quantitative estimate of drug-likeness (QED) is 0.908. The molecule has 100 valence electrons. The van der Waals surface area contributed by atoms with Gasteiger partial charge in [0.1, 0.15) is 5.82 Å². The number of amides is 1. The van der Waals surface area contributed by atoms with Crippen LogP contribution in [0.15, 0.2) is 16.7 Å². The van der Waals surface area contributed by atoms with Gasteiger partial charge < -0.3 is 10.2 Å². The van der Waals surface area contributed by atoms with Crippen molar-refractivity contribution in [1.82, 2.24) is 10.3 Å². The molecule has 0 unspecified atom stereocenters. The molecule has 4 nitrogen and oxygen atoms in total. The number of pyridine rings is 1. The number of halogens is 1. The Morgan fingerprint density at radius 3 is 2.72 bits per heavy atom. The highest BCUT2D eigenvalue weighted by molar-refractivity contribution is 9.10. The van der Waals surface area contributed by atoms with Crippen LogP contribution in [0.25, 0.3) is 0 Å².